The quantitative estimate of drug-likeness (QED) is 0.732. The van der Waals surface area contributed by atoms with Crippen molar-refractivity contribution in [3.8, 4) is 5.82 Å². The van der Waals surface area contributed by atoms with Gasteiger partial charge in [0.15, 0.2) is 6.29 Å². The maximum absolute atomic E-state index is 10.5. The number of nitrogens with zero attached hydrogens (tertiary/aromatic N) is 3. The molecule has 3 rings (SSSR count). The third-order valence-corrected chi connectivity index (χ3v) is 2.77. The lowest BCUT2D eigenvalue weighted by molar-refractivity contribution is 0.112. The Hall–Kier alpha value is -1.97. The van der Waals surface area contributed by atoms with Crippen molar-refractivity contribution < 1.29 is 4.79 Å². The molecule has 2 heterocycles. The van der Waals surface area contributed by atoms with E-state index in [1.54, 1.807) is 18.5 Å². The monoisotopic (exact) mass is 213 g/mol. The Morgan fingerprint density at radius 2 is 2.19 bits per heavy atom. The van der Waals surface area contributed by atoms with Gasteiger partial charge in [-0.2, -0.15) is 0 Å². The van der Waals surface area contributed by atoms with Crippen LogP contribution < -0.4 is 0 Å². The van der Waals surface area contributed by atoms with E-state index in [4.69, 9.17) is 0 Å². The fourth-order valence-electron chi connectivity index (χ4n) is 1.76. The van der Waals surface area contributed by atoms with Gasteiger partial charge in [0.25, 0.3) is 0 Å². The van der Waals surface area contributed by atoms with Crippen molar-refractivity contribution in [1.29, 1.82) is 0 Å². The average Bonchev–Trinajstić information content (AvgIpc) is 3.07. The van der Waals surface area contributed by atoms with E-state index in [2.05, 4.69) is 9.97 Å². The Balaban J connectivity index is 2.00. The highest BCUT2D eigenvalue weighted by Gasteiger charge is 2.28. The number of aldehydes is 1. The molecule has 0 amide bonds. The van der Waals surface area contributed by atoms with E-state index in [0.29, 0.717) is 11.5 Å². The van der Waals surface area contributed by atoms with Crippen LogP contribution in [-0.2, 0) is 0 Å². The number of carbonyl (C=O) groups excluding carboxylic acids is 1. The summed E-state index contributed by atoms with van der Waals surface area (Å²) in [5.74, 6) is 2.49. The highest BCUT2D eigenvalue weighted by atomic mass is 16.1. The van der Waals surface area contributed by atoms with E-state index in [0.717, 1.165) is 17.9 Å². The van der Waals surface area contributed by atoms with Gasteiger partial charge >= 0.3 is 0 Å². The fraction of sp³-hybridized carbons (Fsp3) is 0.250. The molecule has 1 aliphatic carbocycles. The molecule has 4 heteroatoms. The van der Waals surface area contributed by atoms with Gasteiger partial charge in [-0.3, -0.25) is 9.36 Å². The Labute approximate surface area is 93.0 Å². The zero-order chi connectivity index (χ0) is 11.0. The zero-order valence-electron chi connectivity index (χ0n) is 8.71. The molecular formula is C12H11N3O. The third-order valence-electron chi connectivity index (χ3n) is 2.77. The van der Waals surface area contributed by atoms with Crippen molar-refractivity contribution in [2.45, 2.75) is 18.8 Å². The molecule has 0 saturated heterocycles. The third kappa shape index (κ3) is 1.52. The number of imidazole rings is 1. The number of pyridine rings is 1. The van der Waals surface area contributed by atoms with Gasteiger partial charge in [0.05, 0.1) is 0 Å². The topological polar surface area (TPSA) is 47.8 Å². The molecule has 0 aromatic carbocycles. The van der Waals surface area contributed by atoms with Crippen molar-refractivity contribution in [3.63, 3.8) is 0 Å². The Morgan fingerprint density at radius 3 is 2.81 bits per heavy atom. The summed E-state index contributed by atoms with van der Waals surface area (Å²) < 4.78 is 1.99. The standard InChI is InChI=1S/C12H11N3O/c16-8-9-1-4-11(14-7-9)15-6-5-13-12(15)10-2-3-10/h1,4-8,10H,2-3H2. The Bertz CT molecular complexity index is 511. The minimum atomic E-state index is 0.586. The van der Waals surface area contributed by atoms with Crippen LogP contribution in [0.2, 0.25) is 0 Å². The summed E-state index contributed by atoms with van der Waals surface area (Å²) in [6.45, 7) is 0. The summed E-state index contributed by atoms with van der Waals surface area (Å²) in [6, 6.07) is 3.61. The van der Waals surface area contributed by atoms with Crippen LogP contribution in [0.25, 0.3) is 5.82 Å². The van der Waals surface area contributed by atoms with Gasteiger partial charge < -0.3 is 0 Å². The molecule has 0 atom stereocenters. The predicted molar refractivity (Wildman–Crippen MR) is 58.7 cm³/mol. The van der Waals surface area contributed by atoms with Crippen molar-refractivity contribution in [2.24, 2.45) is 0 Å². The predicted octanol–water partition coefficient (Wildman–Crippen LogP) is 1.96. The lowest BCUT2D eigenvalue weighted by Gasteiger charge is -2.05. The number of hydrogen-bond acceptors (Lipinski definition) is 3. The van der Waals surface area contributed by atoms with Crippen LogP contribution >= 0.6 is 0 Å². The van der Waals surface area contributed by atoms with E-state index < -0.39 is 0 Å². The normalized spacial score (nSPS) is 15.0. The number of hydrogen-bond donors (Lipinski definition) is 0. The number of carbonyl (C=O) groups is 1. The minimum Gasteiger partial charge on any atom is -0.298 e. The summed E-state index contributed by atoms with van der Waals surface area (Å²) in [7, 11) is 0. The number of aromatic nitrogens is 3. The Kier molecular flexibility index (Phi) is 2.06. The van der Waals surface area contributed by atoms with E-state index in [9.17, 15) is 4.79 Å². The fourth-order valence-corrected chi connectivity index (χ4v) is 1.76. The first-order valence-corrected chi connectivity index (χ1v) is 5.33. The lowest BCUT2D eigenvalue weighted by Crippen LogP contribution is -2.01. The second-order valence-corrected chi connectivity index (χ2v) is 4.00. The van der Waals surface area contributed by atoms with Gasteiger partial charge in [-0.25, -0.2) is 9.97 Å². The minimum absolute atomic E-state index is 0.586. The molecular weight excluding hydrogens is 202 g/mol. The van der Waals surface area contributed by atoms with Crippen LogP contribution in [0.1, 0.15) is 34.9 Å². The summed E-state index contributed by atoms with van der Waals surface area (Å²) in [5.41, 5.74) is 0.594. The van der Waals surface area contributed by atoms with Gasteiger partial charge in [-0.15, -0.1) is 0 Å². The molecule has 80 valence electrons. The van der Waals surface area contributed by atoms with Crippen LogP contribution in [0, 0.1) is 0 Å². The van der Waals surface area contributed by atoms with Crippen molar-refractivity contribution in [2.75, 3.05) is 0 Å². The van der Waals surface area contributed by atoms with Gasteiger partial charge in [-0.1, -0.05) is 0 Å². The molecule has 0 radical (unpaired) electrons. The van der Waals surface area contributed by atoms with E-state index in [1.807, 2.05) is 16.8 Å². The van der Waals surface area contributed by atoms with Gasteiger partial charge in [0.2, 0.25) is 0 Å². The van der Waals surface area contributed by atoms with Gasteiger partial charge in [-0.05, 0) is 25.0 Å². The number of rotatable bonds is 3. The first-order chi connectivity index (χ1) is 7.88. The highest BCUT2D eigenvalue weighted by Crippen LogP contribution is 2.39. The Morgan fingerprint density at radius 1 is 1.31 bits per heavy atom. The summed E-state index contributed by atoms with van der Waals surface area (Å²) >= 11 is 0. The van der Waals surface area contributed by atoms with E-state index in [1.165, 1.54) is 12.8 Å². The summed E-state index contributed by atoms with van der Waals surface area (Å²) in [4.78, 5) is 19.1. The first kappa shape index (κ1) is 9.27. The molecule has 16 heavy (non-hydrogen) atoms. The molecule has 0 bridgehead atoms. The molecule has 2 aromatic heterocycles. The average molecular weight is 213 g/mol. The van der Waals surface area contributed by atoms with Crippen molar-refractivity contribution in [1.82, 2.24) is 14.5 Å². The van der Waals surface area contributed by atoms with Crippen molar-refractivity contribution >= 4 is 6.29 Å². The van der Waals surface area contributed by atoms with Crippen LogP contribution in [-0.4, -0.2) is 20.8 Å². The molecule has 0 N–H and O–H groups in total. The van der Waals surface area contributed by atoms with E-state index >= 15 is 0 Å². The van der Waals surface area contributed by atoms with E-state index in [-0.39, 0.29) is 0 Å². The maximum atomic E-state index is 10.5. The smallest absolute Gasteiger partial charge is 0.151 e. The zero-order valence-corrected chi connectivity index (χ0v) is 8.71. The molecule has 0 spiro atoms. The highest BCUT2D eigenvalue weighted by molar-refractivity contribution is 5.74. The molecule has 1 aliphatic rings. The van der Waals surface area contributed by atoms with Crippen LogP contribution in [0.5, 0.6) is 0 Å². The van der Waals surface area contributed by atoms with Gasteiger partial charge in [0, 0.05) is 30.1 Å². The van der Waals surface area contributed by atoms with Crippen LogP contribution in [0.4, 0.5) is 0 Å². The molecule has 4 nitrogen and oxygen atoms in total. The SMILES string of the molecule is O=Cc1ccc(-n2ccnc2C2CC2)nc1. The second-order valence-electron chi connectivity index (χ2n) is 4.00. The first-order valence-electron chi connectivity index (χ1n) is 5.33. The second kappa shape index (κ2) is 3.56. The molecule has 1 fully saturated rings. The summed E-state index contributed by atoms with van der Waals surface area (Å²) in [6.07, 6.45) is 8.51. The maximum Gasteiger partial charge on any atom is 0.151 e. The van der Waals surface area contributed by atoms with Crippen LogP contribution in [0.3, 0.4) is 0 Å². The van der Waals surface area contributed by atoms with Crippen LogP contribution in [0.15, 0.2) is 30.7 Å². The largest absolute Gasteiger partial charge is 0.298 e. The summed E-state index contributed by atoms with van der Waals surface area (Å²) in [5, 5.41) is 0. The molecule has 0 unspecified atom stereocenters. The molecule has 0 aliphatic heterocycles. The van der Waals surface area contributed by atoms with Gasteiger partial charge in [0.1, 0.15) is 11.6 Å². The molecule has 2 aromatic rings. The lowest BCUT2D eigenvalue weighted by atomic mass is 10.3. The van der Waals surface area contributed by atoms with Crippen molar-refractivity contribution in [3.05, 3.63) is 42.1 Å². The molecule has 1 saturated carbocycles.